The molecule has 1 aliphatic heterocycles. The third kappa shape index (κ3) is 1.11. The number of quaternary nitrogens is 1. The molecule has 0 radical (unpaired) electrons. The summed E-state index contributed by atoms with van der Waals surface area (Å²) in [6.45, 7) is 6.08. The molecule has 1 heteroatoms. The van der Waals surface area contributed by atoms with Gasteiger partial charge in [-0.25, -0.2) is 0 Å². The Labute approximate surface area is 58.3 Å². The minimum Gasteiger partial charge on any atom is -0.326 e. The first-order chi connectivity index (χ1) is 4.04. The van der Waals surface area contributed by atoms with E-state index in [4.69, 9.17) is 0 Å². The number of hydrogen-bond acceptors (Lipinski definition) is 0. The average molecular weight is 128 g/mol. The SMILES string of the molecule is CC1[C@H](C)CC[N+]1(C)C. The molecule has 0 spiro atoms. The Hall–Kier alpha value is -0.0400. The maximum absolute atomic E-state index is 2.36. The molecule has 0 bridgehead atoms. The summed E-state index contributed by atoms with van der Waals surface area (Å²) in [5.74, 6) is 0.931. The minimum absolute atomic E-state index is 0.866. The molecule has 0 amide bonds. The highest BCUT2D eigenvalue weighted by Gasteiger charge is 2.35. The molecule has 1 heterocycles. The molecular formula is C8H18N+. The molecule has 0 saturated carbocycles. The summed E-state index contributed by atoms with van der Waals surface area (Å²) < 4.78 is 1.22. The van der Waals surface area contributed by atoms with Crippen LogP contribution in [-0.2, 0) is 0 Å². The van der Waals surface area contributed by atoms with Crippen LogP contribution < -0.4 is 0 Å². The predicted octanol–water partition coefficient (Wildman–Crippen LogP) is 1.49. The highest BCUT2D eigenvalue weighted by molar-refractivity contribution is 4.67. The van der Waals surface area contributed by atoms with Crippen LogP contribution in [0.3, 0.4) is 0 Å². The van der Waals surface area contributed by atoms with Crippen LogP contribution in [0.5, 0.6) is 0 Å². The van der Waals surface area contributed by atoms with Crippen LogP contribution in [0.25, 0.3) is 0 Å². The average Bonchev–Trinajstić information content (AvgIpc) is 1.97. The fourth-order valence-corrected chi connectivity index (χ4v) is 1.67. The molecule has 54 valence electrons. The molecule has 2 atom stereocenters. The molecule has 9 heavy (non-hydrogen) atoms. The molecular weight excluding hydrogens is 110 g/mol. The van der Waals surface area contributed by atoms with E-state index in [2.05, 4.69) is 27.9 Å². The molecule has 0 aliphatic carbocycles. The number of rotatable bonds is 0. The van der Waals surface area contributed by atoms with Crippen molar-refractivity contribution in [2.24, 2.45) is 5.92 Å². The third-order valence-electron chi connectivity index (χ3n) is 3.09. The zero-order valence-corrected chi connectivity index (χ0v) is 7.02. The molecule has 1 fully saturated rings. The van der Waals surface area contributed by atoms with Gasteiger partial charge in [0.05, 0.1) is 26.7 Å². The first-order valence-corrected chi connectivity index (χ1v) is 3.87. The quantitative estimate of drug-likeness (QED) is 0.434. The Balaban J connectivity index is 2.62. The van der Waals surface area contributed by atoms with Crippen molar-refractivity contribution in [2.75, 3.05) is 20.6 Å². The van der Waals surface area contributed by atoms with Crippen molar-refractivity contribution < 1.29 is 4.48 Å². The minimum atomic E-state index is 0.866. The molecule has 0 N–H and O–H groups in total. The third-order valence-corrected chi connectivity index (χ3v) is 3.09. The maximum atomic E-state index is 2.36. The number of likely N-dealkylation sites (tertiary alicyclic amines) is 1. The van der Waals surface area contributed by atoms with E-state index in [1.165, 1.54) is 17.4 Å². The van der Waals surface area contributed by atoms with Gasteiger partial charge in [0.15, 0.2) is 0 Å². The van der Waals surface area contributed by atoms with E-state index >= 15 is 0 Å². The Morgan fingerprint density at radius 2 is 1.78 bits per heavy atom. The Bertz CT molecular complexity index is 107. The smallest absolute Gasteiger partial charge is 0.0885 e. The van der Waals surface area contributed by atoms with Crippen molar-refractivity contribution in [1.82, 2.24) is 0 Å². The summed E-state index contributed by atoms with van der Waals surface area (Å²) in [5.41, 5.74) is 0. The Morgan fingerprint density at radius 1 is 1.22 bits per heavy atom. The van der Waals surface area contributed by atoms with Crippen LogP contribution in [0.1, 0.15) is 20.3 Å². The van der Waals surface area contributed by atoms with Gasteiger partial charge < -0.3 is 4.48 Å². The van der Waals surface area contributed by atoms with Crippen molar-refractivity contribution in [3.05, 3.63) is 0 Å². The summed E-state index contributed by atoms with van der Waals surface area (Å²) in [4.78, 5) is 0. The Kier molecular flexibility index (Phi) is 1.55. The van der Waals surface area contributed by atoms with Gasteiger partial charge in [0.1, 0.15) is 0 Å². The molecule has 0 aromatic heterocycles. The normalized spacial score (nSPS) is 41.3. The summed E-state index contributed by atoms with van der Waals surface area (Å²) >= 11 is 0. The second-order valence-corrected chi connectivity index (χ2v) is 4.01. The van der Waals surface area contributed by atoms with Crippen molar-refractivity contribution in [2.45, 2.75) is 26.3 Å². The second-order valence-electron chi connectivity index (χ2n) is 4.01. The molecule has 1 aliphatic rings. The summed E-state index contributed by atoms with van der Waals surface area (Å²) in [6, 6.07) is 0.866. The monoisotopic (exact) mass is 128 g/mol. The van der Waals surface area contributed by atoms with Gasteiger partial charge in [0.25, 0.3) is 0 Å². The zero-order chi connectivity index (χ0) is 7.07. The van der Waals surface area contributed by atoms with Gasteiger partial charge in [-0.3, -0.25) is 0 Å². The summed E-state index contributed by atoms with van der Waals surface area (Å²) in [6.07, 6.45) is 1.41. The molecule has 1 unspecified atom stereocenters. The van der Waals surface area contributed by atoms with Gasteiger partial charge in [0.2, 0.25) is 0 Å². The summed E-state index contributed by atoms with van der Waals surface area (Å²) in [5, 5.41) is 0. The van der Waals surface area contributed by atoms with Crippen molar-refractivity contribution in [3.63, 3.8) is 0 Å². The van der Waals surface area contributed by atoms with E-state index in [1.807, 2.05) is 0 Å². The van der Waals surface area contributed by atoms with E-state index in [-0.39, 0.29) is 0 Å². The van der Waals surface area contributed by atoms with Crippen molar-refractivity contribution in [3.8, 4) is 0 Å². The van der Waals surface area contributed by atoms with Gasteiger partial charge in [-0.05, 0) is 6.92 Å². The molecule has 1 nitrogen and oxygen atoms in total. The highest BCUT2D eigenvalue weighted by atomic mass is 15.3. The van der Waals surface area contributed by atoms with Gasteiger partial charge >= 0.3 is 0 Å². The lowest BCUT2D eigenvalue weighted by molar-refractivity contribution is -0.901. The van der Waals surface area contributed by atoms with E-state index in [9.17, 15) is 0 Å². The van der Waals surface area contributed by atoms with E-state index in [0.717, 1.165) is 12.0 Å². The second kappa shape index (κ2) is 1.98. The standard InChI is InChI=1S/C8H18N/c1-7-5-6-9(3,4)8(7)2/h7-8H,5-6H2,1-4H3/q+1/t7-,8?/m1/s1. The van der Waals surface area contributed by atoms with E-state index in [0.29, 0.717) is 0 Å². The van der Waals surface area contributed by atoms with Crippen LogP contribution >= 0.6 is 0 Å². The lowest BCUT2D eigenvalue weighted by Crippen LogP contribution is -2.43. The fourth-order valence-electron chi connectivity index (χ4n) is 1.67. The summed E-state index contributed by atoms with van der Waals surface area (Å²) in [7, 11) is 4.66. The van der Waals surface area contributed by atoms with Gasteiger partial charge in [0, 0.05) is 12.3 Å². The largest absolute Gasteiger partial charge is 0.326 e. The van der Waals surface area contributed by atoms with Crippen LogP contribution in [0.2, 0.25) is 0 Å². The van der Waals surface area contributed by atoms with Crippen molar-refractivity contribution >= 4 is 0 Å². The van der Waals surface area contributed by atoms with Crippen LogP contribution in [0, 0.1) is 5.92 Å². The van der Waals surface area contributed by atoms with E-state index in [1.54, 1.807) is 0 Å². The zero-order valence-electron chi connectivity index (χ0n) is 7.02. The first kappa shape index (κ1) is 7.07. The Morgan fingerprint density at radius 3 is 1.89 bits per heavy atom. The highest BCUT2D eigenvalue weighted by Crippen LogP contribution is 2.26. The molecule has 1 rings (SSSR count). The predicted molar refractivity (Wildman–Crippen MR) is 40.2 cm³/mol. The maximum Gasteiger partial charge on any atom is 0.0885 e. The molecule has 1 saturated heterocycles. The van der Waals surface area contributed by atoms with Gasteiger partial charge in [-0.15, -0.1) is 0 Å². The van der Waals surface area contributed by atoms with Gasteiger partial charge in [-0.1, -0.05) is 6.92 Å². The van der Waals surface area contributed by atoms with Crippen molar-refractivity contribution in [1.29, 1.82) is 0 Å². The van der Waals surface area contributed by atoms with Crippen LogP contribution in [0.15, 0.2) is 0 Å². The number of hydrogen-bond donors (Lipinski definition) is 0. The van der Waals surface area contributed by atoms with E-state index < -0.39 is 0 Å². The topological polar surface area (TPSA) is 0 Å². The van der Waals surface area contributed by atoms with Crippen LogP contribution in [0.4, 0.5) is 0 Å². The van der Waals surface area contributed by atoms with Gasteiger partial charge in [-0.2, -0.15) is 0 Å². The first-order valence-electron chi connectivity index (χ1n) is 3.87. The molecule has 0 aromatic rings. The fraction of sp³-hybridized carbons (Fsp3) is 1.00. The lowest BCUT2D eigenvalue weighted by atomic mass is 10.1. The number of nitrogens with zero attached hydrogens (tertiary/aromatic N) is 1. The lowest BCUT2D eigenvalue weighted by Gasteiger charge is -2.30. The van der Waals surface area contributed by atoms with Crippen LogP contribution in [-0.4, -0.2) is 31.2 Å². The molecule has 0 aromatic carbocycles.